The van der Waals surface area contributed by atoms with Crippen molar-refractivity contribution >= 4 is 23.1 Å². The summed E-state index contributed by atoms with van der Waals surface area (Å²) in [4.78, 5) is 18.1. The van der Waals surface area contributed by atoms with Gasteiger partial charge in [0.1, 0.15) is 5.82 Å². The average molecular weight is 430 g/mol. The molecular formula is C22H15FN6OS. The van der Waals surface area contributed by atoms with Crippen molar-refractivity contribution in [3.8, 4) is 22.1 Å². The highest BCUT2D eigenvalue weighted by Crippen LogP contribution is 2.26. The van der Waals surface area contributed by atoms with Gasteiger partial charge < -0.3 is 5.32 Å². The van der Waals surface area contributed by atoms with Crippen LogP contribution in [0.2, 0.25) is 0 Å². The van der Waals surface area contributed by atoms with Crippen molar-refractivity contribution in [1.82, 2.24) is 24.5 Å². The third kappa shape index (κ3) is 3.86. The Kier molecular flexibility index (Phi) is 4.85. The highest BCUT2D eigenvalue weighted by molar-refractivity contribution is 7.13. The van der Waals surface area contributed by atoms with Crippen molar-refractivity contribution in [3.05, 3.63) is 96.0 Å². The van der Waals surface area contributed by atoms with E-state index in [4.69, 9.17) is 0 Å². The molecule has 0 atom stereocenters. The zero-order valence-corrected chi connectivity index (χ0v) is 16.8. The van der Waals surface area contributed by atoms with Gasteiger partial charge in [0.25, 0.3) is 5.91 Å². The molecule has 152 valence electrons. The maximum absolute atomic E-state index is 13.4. The van der Waals surface area contributed by atoms with Crippen LogP contribution in [0.5, 0.6) is 0 Å². The van der Waals surface area contributed by atoms with Gasteiger partial charge in [-0.2, -0.15) is 5.10 Å². The molecule has 5 rings (SSSR count). The molecule has 3 aromatic heterocycles. The number of amides is 1. The summed E-state index contributed by atoms with van der Waals surface area (Å²) in [5, 5.41) is 13.4. The second-order valence-electron chi connectivity index (χ2n) is 6.56. The molecule has 0 saturated carbocycles. The number of anilines is 1. The molecule has 9 heteroatoms. The molecule has 31 heavy (non-hydrogen) atoms. The van der Waals surface area contributed by atoms with Gasteiger partial charge in [-0.1, -0.05) is 24.3 Å². The molecule has 0 fully saturated rings. The molecule has 1 amide bonds. The maximum Gasteiger partial charge on any atom is 0.296 e. The Morgan fingerprint density at radius 1 is 0.903 bits per heavy atom. The number of carbonyl (C=O) groups excluding carboxylic acids is 1. The van der Waals surface area contributed by atoms with E-state index in [9.17, 15) is 9.18 Å². The number of nitrogens with zero attached hydrogens (tertiary/aromatic N) is 5. The fraction of sp³-hybridized carbons (Fsp3) is 0. The van der Waals surface area contributed by atoms with Gasteiger partial charge >= 0.3 is 0 Å². The van der Waals surface area contributed by atoms with E-state index in [-0.39, 0.29) is 11.6 Å². The van der Waals surface area contributed by atoms with Crippen LogP contribution >= 0.6 is 11.3 Å². The molecule has 0 aliphatic rings. The van der Waals surface area contributed by atoms with Gasteiger partial charge in [-0.3, -0.25) is 4.79 Å². The summed E-state index contributed by atoms with van der Waals surface area (Å²) in [6.07, 6.45) is 1.76. The Bertz CT molecular complexity index is 1330. The summed E-state index contributed by atoms with van der Waals surface area (Å²) in [6, 6.07) is 20.9. The first kappa shape index (κ1) is 18.9. The first-order valence-electron chi connectivity index (χ1n) is 9.37. The number of hydrogen-bond acceptors (Lipinski definition) is 5. The van der Waals surface area contributed by atoms with Gasteiger partial charge in [0, 0.05) is 12.3 Å². The lowest BCUT2D eigenvalue weighted by atomic mass is 10.3. The topological polar surface area (TPSA) is 77.6 Å². The van der Waals surface area contributed by atoms with Crippen molar-refractivity contribution in [2.45, 2.75) is 0 Å². The van der Waals surface area contributed by atoms with Crippen molar-refractivity contribution in [2.24, 2.45) is 0 Å². The monoisotopic (exact) mass is 430 g/mol. The van der Waals surface area contributed by atoms with Crippen LogP contribution in [-0.4, -0.2) is 30.5 Å². The number of hydrogen-bond donors (Lipinski definition) is 1. The van der Waals surface area contributed by atoms with Gasteiger partial charge in [0.15, 0.2) is 11.6 Å². The molecular weight excluding hydrogens is 415 g/mol. The van der Waals surface area contributed by atoms with Crippen LogP contribution in [0.25, 0.3) is 22.1 Å². The van der Waals surface area contributed by atoms with Gasteiger partial charge in [-0.05, 0) is 47.8 Å². The van der Waals surface area contributed by atoms with E-state index in [1.165, 1.54) is 28.2 Å². The summed E-state index contributed by atoms with van der Waals surface area (Å²) >= 11 is 1.47. The molecule has 2 aromatic carbocycles. The van der Waals surface area contributed by atoms with Crippen LogP contribution < -0.4 is 5.32 Å². The molecule has 5 aromatic rings. The Morgan fingerprint density at radius 3 is 2.45 bits per heavy atom. The smallest absolute Gasteiger partial charge is 0.296 e. The number of rotatable bonds is 5. The fourth-order valence-corrected chi connectivity index (χ4v) is 3.72. The molecule has 0 aliphatic carbocycles. The molecule has 0 aliphatic heterocycles. The van der Waals surface area contributed by atoms with E-state index in [1.807, 2.05) is 47.8 Å². The summed E-state index contributed by atoms with van der Waals surface area (Å²) in [6.45, 7) is 0. The van der Waals surface area contributed by atoms with Crippen LogP contribution in [-0.2, 0) is 0 Å². The number of aromatic nitrogens is 5. The molecule has 0 spiro atoms. The summed E-state index contributed by atoms with van der Waals surface area (Å²) in [7, 11) is 0. The Hall–Kier alpha value is -4.11. The largest absolute Gasteiger partial charge is 0.302 e. The Labute approximate surface area is 180 Å². The van der Waals surface area contributed by atoms with E-state index in [1.54, 1.807) is 29.1 Å². The van der Waals surface area contributed by atoms with Gasteiger partial charge in [0.05, 0.1) is 16.3 Å². The number of benzene rings is 2. The van der Waals surface area contributed by atoms with Crippen molar-refractivity contribution in [2.75, 3.05) is 5.32 Å². The number of carbonyl (C=O) groups is 1. The van der Waals surface area contributed by atoms with Crippen LogP contribution in [0, 0.1) is 5.82 Å². The van der Waals surface area contributed by atoms with Crippen LogP contribution in [0.3, 0.4) is 0 Å². The maximum atomic E-state index is 13.4. The number of nitrogens with one attached hydrogen (secondary N) is 1. The van der Waals surface area contributed by atoms with Crippen molar-refractivity contribution < 1.29 is 9.18 Å². The van der Waals surface area contributed by atoms with Crippen molar-refractivity contribution in [1.29, 1.82) is 0 Å². The highest BCUT2D eigenvalue weighted by Gasteiger charge is 2.20. The number of thiophene rings is 1. The third-order valence-electron chi connectivity index (χ3n) is 4.47. The molecule has 3 heterocycles. The minimum Gasteiger partial charge on any atom is -0.302 e. The molecule has 0 saturated heterocycles. The Balaban J connectivity index is 1.45. The third-order valence-corrected chi connectivity index (χ3v) is 5.34. The van der Waals surface area contributed by atoms with Crippen LogP contribution in [0.15, 0.2) is 84.4 Å². The van der Waals surface area contributed by atoms with Crippen LogP contribution in [0.1, 0.15) is 10.6 Å². The lowest BCUT2D eigenvalue weighted by Crippen LogP contribution is -2.15. The zero-order valence-electron chi connectivity index (χ0n) is 16.0. The van der Waals surface area contributed by atoms with E-state index >= 15 is 0 Å². The molecule has 0 radical (unpaired) electrons. The van der Waals surface area contributed by atoms with Crippen LogP contribution in [0.4, 0.5) is 10.2 Å². The summed E-state index contributed by atoms with van der Waals surface area (Å²) < 4.78 is 16.6. The van der Waals surface area contributed by atoms with Crippen molar-refractivity contribution in [3.63, 3.8) is 0 Å². The quantitative estimate of drug-likeness (QED) is 0.443. The zero-order chi connectivity index (χ0) is 21.2. The standard InChI is InChI=1S/C22H15FN6OS/c23-15-8-10-17(11-9-15)29-21(18-7-4-14-31-18)25-20(27-29)22(30)24-19-12-13-28(26-19)16-5-2-1-3-6-16/h1-14H,(H,24,26,30). The van der Waals surface area contributed by atoms with E-state index < -0.39 is 5.91 Å². The van der Waals surface area contributed by atoms with Gasteiger partial charge in [-0.25, -0.2) is 18.7 Å². The summed E-state index contributed by atoms with van der Waals surface area (Å²) in [5.74, 6) is 0.0266. The Morgan fingerprint density at radius 2 is 1.71 bits per heavy atom. The normalized spacial score (nSPS) is 10.9. The van der Waals surface area contributed by atoms with Gasteiger partial charge in [0.2, 0.25) is 5.82 Å². The first-order chi connectivity index (χ1) is 15.2. The highest BCUT2D eigenvalue weighted by atomic mass is 32.1. The average Bonchev–Trinajstić information content (AvgIpc) is 3.55. The van der Waals surface area contributed by atoms with E-state index in [0.29, 0.717) is 17.3 Å². The first-order valence-corrected chi connectivity index (χ1v) is 10.2. The van der Waals surface area contributed by atoms with E-state index in [2.05, 4.69) is 20.5 Å². The molecule has 7 nitrogen and oxygen atoms in total. The lowest BCUT2D eigenvalue weighted by Gasteiger charge is -2.04. The predicted octanol–water partition coefficient (Wildman–Crippen LogP) is 4.57. The SMILES string of the molecule is O=C(Nc1ccn(-c2ccccc2)n1)c1nc(-c2cccs2)n(-c2ccc(F)cc2)n1. The van der Waals surface area contributed by atoms with E-state index in [0.717, 1.165) is 10.6 Å². The molecule has 0 unspecified atom stereocenters. The second kappa shape index (κ2) is 7.96. The predicted molar refractivity (Wildman–Crippen MR) is 116 cm³/mol. The number of para-hydroxylation sites is 1. The minimum absolute atomic E-state index is 0.0120. The lowest BCUT2D eigenvalue weighted by molar-refractivity contribution is 0.101. The summed E-state index contributed by atoms with van der Waals surface area (Å²) in [5.41, 5.74) is 1.48. The number of halogens is 1. The second-order valence-corrected chi connectivity index (χ2v) is 7.51. The fourth-order valence-electron chi connectivity index (χ4n) is 3.02. The van der Waals surface area contributed by atoms with Gasteiger partial charge in [-0.15, -0.1) is 16.4 Å². The minimum atomic E-state index is -0.489. The molecule has 1 N–H and O–H groups in total. The molecule has 0 bridgehead atoms.